The lowest BCUT2D eigenvalue weighted by Gasteiger charge is -2.26. The van der Waals surface area contributed by atoms with Crippen molar-refractivity contribution in [2.75, 3.05) is 29.0 Å². The van der Waals surface area contributed by atoms with Gasteiger partial charge in [-0.25, -0.2) is 0 Å². The van der Waals surface area contributed by atoms with Gasteiger partial charge in [-0.3, -0.25) is 4.79 Å². The zero-order valence-corrected chi connectivity index (χ0v) is 13.1. The van der Waals surface area contributed by atoms with E-state index in [9.17, 15) is 4.79 Å². The first-order valence-corrected chi connectivity index (χ1v) is 7.76. The summed E-state index contributed by atoms with van der Waals surface area (Å²) in [4.78, 5) is 26.8. The lowest BCUT2D eigenvalue weighted by molar-refractivity contribution is 0.101. The highest BCUT2D eigenvalue weighted by atomic mass is 16.2. The van der Waals surface area contributed by atoms with Gasteiger partial charge in [0.2, 0.25) is 17.7 Å². The van der Waals surface area contributed by atoms with Crippen molar-refractivity contribution in [1.29, 1.82) is 0 Å². The van der Waals surface area contributed by atoms with E-state index >= 15 is 0 Å². The summed E-state index contributed by atoms with van der Waals surface area (Å²) in [6, 6.07) is 7.53. The molecule has 7 nitrogen and oxygen atoms in total. The number of carbonyl (C=O) groups excluding carboxylic acids is 1. The number of nitrogens with zero attached hydrogens (tertiary/aromatic N) is 4. The van der Waals surface area contributed by atoms with Crippen molar-refractivity contribution in [2.45, 2.75) is 26.2 Å². The van der Waals surface area contributed by atoms with Gasteiger partial charge in [-0.1, -0.05) is 17.7 Å². The summed E-state index contributed by atoms with van der Waals surface area (Å²) in [5.41, 5.74) is 7.57. The van der Waals surface area contributed by atoms with Gasteiger partial charge < -0.3 is 16.0 Å². The van der Waals surface area contributed by atoms with E-state index in [2.05, 4.69) is 20.3 Å². The number of nitrogens with two attached hydrogens (primary N) is 1. The number of nitrogen functional groups attached to an aromatic ring is 1. The number of aryl methyl sites for hydroxylation is 1. The number of benzene rings is 1. The summed E-state index contributed by atoms with van der Waals surface area (Å²) in [5.74, 6) is 0.195. The second kappa shape index (κ2) is 6.60. The van der Waals surface area contributed by atoms with E-state index in [4.69, 9.17) is 5.73 Å². The molecule has 7 heteroatoms. The molecule has 1 aromatic heterocycles. The van der Waals surface area contributed by atoms with E-state index in [0.717, 1.165) is 31.5 Å². The molecule has 0 atom stereocenters. The van der Waals surface area contributed by atoms with Crippen LogP contribution >= 0.6 is 0 Å². The summed E-state index contributed by atoms with van der Waals surface area (Å²) in [7, 11) is 0. The highest BCUT2D eigenvalue weighted by Gasteiger charge is 2.18. The Kier molecular flexibility index (Phi) is 4.36. The highest BCUT2D eigenvalue weighted by Crippen LogP contribution is 2.17. The van der Waals surface area contributed by atoms with Crippen molar-refractivity contribution in [1.82, 2.24) is 15.0 Å². The minimum absolute atomic E-state index is 0.0404. The van der Waals surface area contributed by atoms with E-state index in [0.29, 0.717) is 11.6 Å². The van der Waals surface area contributed by atoms with E-state index in [-0.39, 0.29) is 17.7 Å². The van der Waals surface area contributed by atoms with Crippen LogP contribution in [-0.2, 0) is 0 Å². The molecule has 0 bridgehead atoms. The Morgan fingerprint density at radius 1 is 1.09 bits per heavy atom. The third-order valence-electron chi connectivity index (χ3n) is 3.79. The monoisotopic (exact) mass is 312 g/mol. The Hall–Kier alpha value is -2.70. The van der Waals surface area contributed by atoms with Crippen LogP contribution in [0.5, 0.6) is 0 Å². The number of hydrogen-bond acceptors (Lipinski definition) is 6. The Morgan fingerprint density at radius 2 is 1.78 bits per heavy atom. The maximum Gasteiger partial charge on any atom is 0.293 e. The van der Waals surface area contributed by atoms with Gasteiger partial charge in [0.1, 0.15) is 0 Å². The summed E-state index contributed by atoms with van der Waals surface area (Å²) in [6.45, 7) is 3.74. The topological polar surface area (TPSA) is 97.0 Å². The predicted octanol–water partition coefficient (Wildman–Crippen LogP) is 2.00. The molecule has 3 rings (SSSR count). The molecule has 23 heavy (non-hydrogen) atoms. The predicted molar refractivity (Wildman–Crippen MR) is 89.4 cm³/mol. The molecule has 3 N–H and O–H groups in total. The van der Waals surface area contributed by atoms with Crippen LogP contribution in [0, 0.1) is 6.92 Å². The summed E-state index contributed by atoms with van der Waals surface area (Å²) >= 11 is 0. The summed E-state index contributed by atoms with van der Waals surface area (Å²) in [6.07, 6.45) is 3.39. The number of rotatable bonds is 3. The minimum Gasteiger partial charge on any atom is -0.368 e. The first kappa shape index (κ1) is 15.2. The molecule has 0 aliphatic carbocycles. The van der Waals surface area contributed by atoms with Crippen LogP contribution in [0.4, 0.5) is 17.6 Å². The van der Waals surface area contributed by atoms with Crippen LogP contribution in [0.3, 0.4) is 0 Å². The molecule has 0 radical (unpaired) electrons. The van der Waals surface area contributed by atoms with Gasteiger partial charge in [0, 0.05) is 18.8 Å². The third kappa shape index (κ3) is 3.74. The molecule has 0 unspecified atom stereocenters. The van der Waals surface area contributed by atoms with Gasteiger partial charge in [-0.05, 0) is 38.3 Å². The lowest BCUT2D eigenvalue weighted by Crippen LogP contribution is -2.32. The molecular weight excluding hydrogens is 292 g/mol. The molecule has 1 aliphatic rings. The molecule has 2 aromatic rings. The quantitative estimate of drug-likeness (QED) is 0.899. The molecule has 1 aromatic carbocycles. The van der Waals surface area contributed by atoms with Crippen LogP contribution in [0.2, 0.25) is 0 Å². The SMILES string of the molecule is Cc1ccc(NC(=O)c2nc(N)nc(N3CCCCC3)n2)cc1. The Morgan fingerprint density at radius 3 is 2.48 bits per heavy atom. The van der Waals surface area contributed by atoms with Gasteiger partial charge in [0.25, 0.3) is 5.91 Å². The fourth-order valence-corrected chi connectivity index (χ4v) is 2.54. The highest BCUT2D eigenvalue weighted by molar-refractivity contribution is 6.01. The largest absolute Gasteiger partial charge is 0.368 e. The first-order chi connectivity index (χ1) is 11.1. The molecular formula is C16H20N6O. The minimum atomic E-state index is -0.388. The second-order valence-corrected chi connectivity index (χ2v) is 5.69. The van der Waals surface area contributed by atoms with Crippen molar-refractivity contribution in [3.05, 3.63) is 35.7 Å². The number of aromatic nitrogens is 3. The number of carbonyl (C=O) groups is 1. The van der Waals surface area contributed by atoms with E-state index in [1.54, 1.807) is 0 Å². The molecule has 0 spiro atoms. The number of hydrogen-bond donors (Lipinski definition) is 2. The number of piperidine rings is 1. The molecule has 1 saturated heterocycles. The molecule has 2 heterocycles. The molecule has 0 saturated carbocycles. The average Bonchev–Trinajstić information content (AvgIpc) is 2.57. The van der Waals surface area contributed by atoms with Crippen LogP contribution in [0.1, 0.15) is 35.4 Å². The van der Waals surface area contributed by atoms with Crippen molar-refractivity contribution in [3.63, 3.8) is 0 Å². The first-order valence-electron chi connectivity index (χ1n) is 7.76. The third-order valence-corrected chi connectivity index (χ3v) is 3.79. The zero-order valence-electron chi connectivity index (χ0n) is 13.1. The van der Waals surface area contributed by atoms with Gasteiger partial charge in [0.05, 0.1) is 0 Å². The zero-order chi connectivity index (χ0) is 16.2. The maximum absolute atomic E-state index is 12.3. The lowest BCUT2D eigenvalue weighted by atomic mass is 10.1. The summed E-state index contributed by atoms with van der Waals surface area (Å²) in [5, 5.41) is 2.78. The molecule has 1 fully saturated rings. The van der Waals surface area contributed by atoms with E-state index < -0.39 is 0 Å². The van der Waals surface area contributed by atoms with E-state index in [1.165, 1.54) is 6.42 Å². The van der Waals surface area contributed by atoms with Gasteiger partial charge in [0.15, 0.2) is 0 Å². The van der Waals surface area contributed by atoms with Crippen LogP contribution < -0.4 is 16.0 Å². The Balaban J connectivity index is 1.79. The Labute approximate surface area is 135 Å². The number of amides is 1. The number of anilines is 3. The van der Waals surface area contributed by atoms with E-state index in [1.807, 2.05) is 36.1 Å². The average molecular weight is 312 g/mol. The maximum atomic E-state index is 12.3. The summed E-state index contributed by atoms with van der Waals surface area (Å²) < 4.78 is 0. The van der Waals surface area contributed by atoms with Crippen molar-refractivity contribution in [3.8, 4) is 0 Å². The second-order valence-electron chi connectivity index (χ2n) is 5.69. The van der Waals surface area contributed by atoms with Crippen molar-refractivity contribution >= 4 is 23.5 Å². The van der Waals surface area contributed by atoms with Gasteiger partial charge >= 0.3 is 0 Å². The van der Waals surface area contributed by atoms with Crippen LogP contribution in [0.15, 0.2) is 24.3 Å². The molecule has 120 valence electrons. The van der Waals surface area contributed by atoms with Crippen LogP contribution in [0.25, 0.3) is 0 Å². The van der Waals surface area contributed by atoms with Crippen molar-refractivity contribution < 1.29 is 4.79 Å². The smallest absolute Gasteiger partial charge is 0.293 e. The normalized spacial score (nSPS) is 14.6. The molecule has 1 aliphatic heterocycles. The number of nitrogens with one attached hydrogen (secondary N) is 1. The standard InChI is InChI=1S/C16H20N6O/c1-11-5-7-12(8-6-11)18-14(23)13-19-15(17)21-16(20-13)22-9-3-2-4-10-22/h5-8H,2-4,9-10H2,1H3,(H,18,23)(H2,17,19,20,21). The fraction of sp³-hybridized carbons (Fsp3) is 0.375. The Bertz CT molecular complexity index is 694. The molecule has 1 amide bonds. The van der Waals surface area contributed by atoms with Crippen LogP contribution in [-0.4, -0.2) is 33.9 Å². The fourth-order valence-electron chi connectivity index (χ4n) is 2.54. The van der Waals surface area contributed by atoms with Crippen molar-refractivity contribution in [2.24, 2.45) is 0 Å². The van der Waals surface area contributed by atoms with Gasteiger partial charge in [-0.2, -0.15) is 15.0 Å². The van der Waals surface area contributed by atoms with Gasteiger partial charge in [-0.15, -0.1) is 0 Å².